The Morgan fingerprint density at radius 1 is 1.24 bits per heavy atom. The van der Waals surface area contributed by atoms with Crippen LogP contribution in [-0.2, 0) is 18.6 Å². The first-order valence-corrected chi connectivity index (χ1v) is 9.55. The first-order valence-electron chi connectivity index (χ1n) is 9.55. The van der Waals surface area contributed by atoms with Gasteiger partial charge in [0.2, 0.25) is 0 Å². The first kappa shape index (κ1) is 19.7. The van der Waals surface area contributed by atoms with E-state index in [0.29, 0.717) is 11.6 Å². The minimum atomic E-state index is -0.288. The van der Waals surface area contributed by atoms with Gasteiger partial charge in [-0.2, -0.15) is 5.10 Å². The van der Waals surface area contributed by atoms with Crippen LogP contribution in [0.15, 0.2) is 42.6 Å². The molecule has 152 valence electrons. The van der Waals surface area contributed by atoms with E-state index in [1.165, 1.54) is 17.8 Å². The Morgan fingerprint density at radius 3 is 2.93 bits per heavy atom. The van der Waals surface area contributed by atoms with Crippen molar-refractivity contribution in [2.75, 3.05) is 18.8 Å². The molecular weight excluding hydrogens is 393 g/mol. The van der Waals surface area contributed by atoms with Crippen LogP contribution in [0.2, 0.25) is 0 Å². The number of halogens is 2. The van der Waals surface area contributed by atoms with Crippen molar-refractivity contribution in [2.24, 2.45) is 0 Å². The predicted molar refractivity (Wildman–Crippen MR) is 112 cm³/mol. The van der Waals surface area contributed by atoms with E-state index >= 15 is 0 Å². The van der Waals surface area contributed by atoms with E-state index < -0.39 is 0 Å². The number of nitrogens with two attached hydrogens (primary N) is 1. The number of hydrogen-bond donors (Lipinski definition) is 2. The number of aryl methyl sites for hydroxylation is 1. The molecule has 29 heavy (non-hydrogen) atoms. The van der Waals surface area contributed by atoms with Crippen LogP contribution in [0.3, 0.4) is 0 Å². The summed E-state index contributed by atoms with van der Waals surface area (Å²) in [4.78, 5) is 4.27. The summed E-state index contributed by atoms with van der Waals surface area (Å²) in [7, 11) is 0. The molecule has 3 N–H and O–H groups in total. The Balaban J connectivity index is 0.00000205. The lowest BCUT2D eigenvalue weighted by atomic mass is 9.82. The van der Waals surface area contributed by atoms with E-state index in [1.54, 1.807) is 12.3 Å². The maximum atomic E-state index is 13.4. The molecule has 0 unspecified atom stereocenters. The van der Waals surface area contributed by atoms with E-state index in [1.807, 2.05) is 12.1 Å². The molecule has 1 aromatic carbocycles. The molecule has 5 rings (SSSR count). The third-order valence-electron chi connectivity index (χ3n) is 5.83. The largest absolute Gasteiger partial charge is 0.485 e. The molecule has 8 heteroatoms. The molecular formula is C21H23ClFN5O. The molecule has 0 amide bonds. The van der Waals surface area contributed by atoms with Crippen molar-refractivity contribution in [1.82, 2.24) is 20.1 Å². The number of rotatable bonds is 4. The molecule has 6 nitrogen and oxygen atoms in total. The Bertz CT molecular complexity index is 1030. The van der Waals surface area contributed by atoms with Crippen molar-refractivity contribution in [2.45, 2.75) is 31.4 Å². The standard InChI is InChI=1S/C21H22FN5O.ClH/c22-16-3-1-2-14(8-16)12-28-18-9-15(11-25-20(18)23)17-10-19-21(4-6-24-13-21)5-7-27(19)26-17;/h1-3,8-11,24H,4-7,12-13H2,(H2,23,25);1H/t21-;/m1./s1. The number of ether oxygens (including phenoxy) is 1. The van der Waals surface area contributed by atoms with Crippen molar-refractivity contribution in [3.8, 4) is 17.0 Å². The highest BCUT2D eigenvalue weighted by Gasteiger charge is 2.42. The number of fused-ring (bicyclic) bond motifs is 2. The van der Waals surface area contributed by atoms with Crippen LogP contribution >= 0.6 is 12.4 Å². The average molecular weight is 416 g/mol. The van der Waals surface area contributed by atoms with Crippen molar-refractivity contribution < 1.29 is 9.13 Å². The Morgan fingerprint density at radius 2 is 2.14 bits per heavy atom. The Labute approximate surface area is 174 Å². The monoisotopic (exact) mass is 415 g/mol. The average Bonchev–Trinajstić information content (AvgIpc) is 3.40. The molecule has 4 heterocycles. The van der Waals surface area contributed by atoms with E-state index in [-0.39, 0.29) is 30.2 Å². The second kappa shape index (κ2) is 7.65. The molecule has 2 aromatic heterocycles. The molecule has 0 bridgehead atoms. The number of nitrogen functional groups attached to an aromatic ring is 1. The smallest absolute Gasteiger partial charge is 0.166 e. The van der Waals surface area contributed by atoms with Gasteiger partial charge in [0.15, 0.2) is 11.6 Å². The summed E-state index contributed by atoms with van der Waals surface area (Å²) in [5.74, 6) is 0.499. The maximum absolute atomic E-state index is 13.4. The highest BCUT2D eigenvalue weighted by atomic mass is 35.5. The minimum Gasteiger partial charge on any atom is -0.485 e. The molecule has 1 saturated heterocycles. The molecule has 2 aliphatic heterocycles. The summed E-state index contributed by atoms with van der Waals surface area (Å²) in [6.07, 6.45) is 4.02. The molecule has 0 saturated carbocycles. The number of hydrogen-bond acceptors (Lipinski definition) is 5. The number of benzene rings is 1. The Hall–Kier alpha value is -2.64. The third kappa shape index (κ3) is 3.56. The number of anilines is 1. The van der Waals surface area contributed by atoms with Crippen molar-refractivity contribution in [1.29, 1.82) is 0 Å². The van der Waals surface area contributed by atoms with Gasteiger partial charge in [0.25, 0.3) is 0 Å². The lowest BCUT2D eigenvalue weighted by molar-refractivity contribution is 0.306. The van der Waals surface area contributed by atoms with Crippen molar-refractivity contribution >= 4 is 18.2 Å². The van der Waals surface area contributed by atoms with E-state index in [4.69, 9.17) is 15.6 Å². The molecule has 1 fully saturated rings. The molecule has 0 radical (unpaired) electrons. The van der Waals surface area contributed by atoms with Gasteiger partial charge in [0.1, 0.15) is 12.4 Å². The summed E-state index contributed by atoms with van der Waals surface area (Å²) in [6.45, 7) is 3.24. The Kier molecular flexibility index (Phi) is 5.19. The summed E-state index contributed by atoms with van der Waals surface area (Å²) < 4.78 is 21.3. The van der Waals surface area contributed by atoms with Crippen LogP contribution in [0, 0.1) is 5.82 Å². The highest BCUT2D eigenvalue weighted by molar-refractivity contribution is 5.85. The SMILES string of the molecule is Cl.Nc1ncc(-c2cc3n(n2)CC[C@@]32CCNC2)cc1OCc1cccc(F)c1. The lowest BCUT2D eigenvalue weighted by Crippen LogP contribution is -2.25. The van der Waals surface area contributed by atoms with Gasteiger partial charge in [-0.25, -0.2) is 9.37 Å². The van der Waals surface area contributed by atoms with Crippen LogP contribution in [0.4, 0.5) is 10.2 Å². The van der Waals surface area contributed by atoms with E-state index in [2.05, 4.69) is 21.0 Å². The van der Waals surface area contributed by atoms with Gasteiger partial charge >= 0.3 is 0 Å². The van der Waals surface area contributed by atoms with Crippen molar-refractivity contribution in [3.63, 3.8) is 0 Å². The minimum absolute atomic E-state index is 0. The van der Waals surface area contributed by atoms with Crippen LogP contribution in [-0.4, -0.2) is 27.9 Å². The molecule has 1 atom stereocenters. The third-order valence-corrected chi connectivity index (χ3v) is 5.83. The van der Waals surface area contributed by atoms with Gasteiger partial charge in [-0.05, 0) is 49.2 Å². The first-order chi connectivity index (χ1) is 13.6. The van der Waals surface area contributed by atoms with Gasteiger partial charge < -0.3 is 15.8 Å². The number of nitrogens with zero attached hydrogens (tertiary/aromatic N) is 3. The van der Waals surface area contributed by atoms with Crippen LogP contribution in [0.5, 0.6) is 5.75 Å². The van der Waals surface area contributed by atoms with Crippen LogP contribution in [0.25, 0.3) is 11.3 Å². The number of aromatic nitrogens is 3. The maximum Gasteiger partial charge on any atom is 0.166 e. The molecule has 3 aromatic rings. The highest BCUT2D eigenvalue weighted by Crippen LogP contribution is 2.41. The van der Waals surface area contributed by atoms with Crippen LogP contribution in [0.1, 0.15) is 24.1 Å². The van der Waals surface area contributed by atoms with Gasteiger partial charge in [-0.15, -0.1) is 12.4 Å². The zero-order chi connectivity index (χ0) is 19.1. The topological polar surface area (TPSA) is 78.0 Å². The normalized spacial score (nSPS) is 19.9. The molecule has 0 aliphatic carbocycles. The predicted octanol–water partition coefficient (Wildman–Crippen LogP) is 3.30. The molecule has 2 aliphatic rings. The fourth-order valence-corrected chi connectivity index (χ4v) is 4.28. The second-order valence-electron chi connectivity index (χ2n) is 7.62. The number of nitrogens with one attached hydrogen (secondary N) is 1. The fourth-order valence-electron chi connectivity index (χ4n) is 4.28. The van der Waals surface area contributed by atoms with Gasteiger partial charge in [0, 0.05) is 36.0 Å². The summed E-state index contributed by atoms with van der Waals surface area (Å²) in [5, 5.41) is 8.26. The van der Waals surface area contributed by atoms with Gasteiger partial charge in [0.05, 0.1) is 5.69 Å². The number of pyridine rings is 1. The van der Waals surface area contributed by atoms with E-state index in [9.17, 15) is 4.39 Å². The van der Waals surface area contributed by atoms with E-state index in [0.717, 1.165) is 49.3 Å². The molecule has 1 spiro atoms. The van der Waals surface area contributed by atoms with Crippen molar-refractivity contribution in [3.05, 3.63) is 59.7 Å². The summed E-state index contributed by atoms with van der Waals surface area (Å²) >= 11 is 0. The summed E-state index contributed by atoms with van der Waals surface area (Å²) in [6, 6.07) is 10.4. The summed E-state index contributed by atoms with van der Waals surface area (Å²) in [5.41, 5.74) is 9.98. The fraction of sp³-hybridized carbons (Fsp3) is 0.333. The quantitative estimate of drug-likeness (QED) is 0.683. The van der Waals surface area contributed by atoms with Gasteiger partial charge in [-0.1, -0.05) is 12.1 Å². The lowest BCUT2D eigenvalue weighted by Gasteiger charge is -2.20. The zero-order valence-electron chi connectivity index (χ0n) is 15.9. The van der Waals surface area contributed by atoms with Crippen LogP contribution < -0.4 is 15.8 Å². The second-order valence-corrected chi connectivity index (χ2v) is 7.62. The van der Waals surface area contributed by atoms with Gasteiger partial charge in [-0.3, -0.25) is 4.68 Å². The zero-order valence-corrected chi connectivity index (χ0v) is 16.7.